The second-order valence-electron chi connectivity index (χ2n) is 8.30. The van der Waals surface area contributed by atoms with Gasteiger partial charge < -0.3 is 15.4 Å². The van der Waals surface area contributed by atoms with E-state index in [2.05, 4.69) is 10.6 Å². The summed E-state index contributed by atoms with van der Waals surface area (Å²) in [5.41, 5.74) is 1.19. The Morgan fingerprint density at radius 3 is 2.29 bits per heavy atom. The molecule has 2 aromatic rings. The number of nitrogens with one attached hydrogen (secondary N) is 2. The number of hydrogen-bond donors (Lipinski definition) is 2. The van der Waals surface area contributed by atoms with Gasteiger partial charge in [0.15, 0.2) is 0 Å². The molecule has 5 nitrogen and oxygen atoms in total. The van der Waals surface area contributed by atoms with Crippen molar-refractivity contribution in [1.82, 2.24) is 5.32 Å². The van der Waals surface area contributed by atoms with Crippen molar-refractivity contribution >= 4 is 40.7 Å². The lowest BCUT2D eigenvalue weighted by Gasteiger charge is -2.36. The van der Waals surface area contributed by atoms with E-state index in [-0.39, 0.29) is 17.9 Å². The summed E-state index contributed by atoms with van der Waals surface area (Å²) in [5.74, 6) is -0.207. The van der Waals surface area contributed by atoms with Crippen molar-refractivity contribution in [3.8, 4) is 0 Å². The van der Waals surface area contributed by atoms with E-state index < -0.39 is 5.41 Å². The van der Waals surface area contributed by atoms with Crippen molar-refractivity contribution in [1.29, 1.82) is 0 Å². The second kappa shape index (κ2) is 9.60. The zero-order valence-electron chi connectivity index (χ0n) is 17.3. The summed E-state index contributed by atoms with van der Waals surface area (Å²) in [6.07, 6.45) is 5.47. The van der Waals surface area contributed by atoms with Crippen LogP contribution in [0.3, 0.4) is 0 Å². The predicted molar refractivity (Wildman–Crippen MR) is 123 cm³/mol. The number of ether oxygens (including phenoxy) is 1. The molecule has 2 amide bonds. The summed E-state index contributed by atoms with van der Waals surface area (Å²) in [6.45, 7) is 0.958. The van der Waals surface area contributed by atoms with E-state index in [9.17, 15) is 9.59 Å². The van der Waals surface area contributed by atoms with E-state index in [0.29, 0.717) is 47.4 Å². The largest absolute Gasteiger partial charge is 0.381 e. The maximum absolute atomic E-state index is 13.4. The molecule has 2 aliphatic rings. The van der Waals surface area contributed by atoms with Gasteiger partial charge in [0.2, 0.25) is 5.91 Å². The van der Waals surface area contributed by atoms with E-state index in [1.54, 1.807) is 36.4 Å². The number of hydrogen-bond acceptors (Lipinski definition) is 3. The standard InChI is InChI=1S/C24H26Cl2N2O3/c25-17-7-10-20(21(26)15-17)24(11-13-31-14-12-24)23(30)28-19-8-5-16(6-9-19)22(29)27-18-3-1-2-4-18/h5-10,15,18H,1-4,11-14H2,(H,27,29)(H,28,30). The molecule has 31 heavy (non-hydrogen) atoms. The zero-order chi connectivity index (χ0) is 21.8. The zero-order valence-corrected chi connectivity index (χ0v) is 18.8. The van der Waals surface area contributed by atoms with Crippen LogP contribution in [0.25, 0.3) is 0 Å². The molecule has 4 rings (SSSR count). The molecule has 2 fully saturated rings. The van der Waals surface area contributed by atoms with E-state index in [4.69, 9.17) is 27.9 Å². The van der Waals surface area contributed by atoms with Crippen molar-refractivity contribution in [2.75, 3.05) is 18.5 Å². The smallest absolute Gasteiger partial charge is 0.251 e. The van der Waals surface area contributed by atoms with Crippen molar-refractivity contribution < 1.29 is 14.3 Å². The number of amides is 2. The molecule has 7 heteroatoms. The summed E-state index contributed by atoms with van der Waals surface area (Å²) in [7, 11) is 0. The molecule has 1 aliphatic heterocycles. The van der Waals surface area contributed by atoms with Gasteiger partial charge in [-0.2, -0.15) is 0 Å². The molecule has 0 unspecified atom stereocenters. The maximum Gasteiger partial charge on any atom is 0.251 e. The van der Waals surface area contributed by atoms with Crippen LogP contribution in [0.5, 0.6) is 0 Å². The Bertz CT molecular complexity index is 950. The molecule has 1 aliphatic carbocycles. The van der Waals surface area contributed by atoms with Crippen molar-refractivity contribution in [2.45, 2.75) is 50.0 Å². The topological polar surface area (TPSA) is 67.4 Å². The SMILES string of the molecule is O=C(NC1CCCC1)c1ccc(NC(=O)C2(c3ccc(Cl)cc3Cl)CCOCC2)cc1. The summed E-state index contributed by atoms with van der Waals surface area (Å²) in [6, 6.07) is 12.5. The molecule has 0 atom stereocenters. The molecule has 0 radical (unpaired) electrons. The number of carbonyl (C=O) groups excluding carboxylic acids is 2. The minimum Gasteiger partial charge on any atom is -0.381 e. The highest BCUT2D eigenvalue weighted by molar-refractivity contribution is 6.35. The van der Waals surface area contributed by atoms with Gasteiger partial charge in [0.1, 0.15) is 0 Å². The molecule has 0 bridgehead atoms. The van der Waals surface area contributed by atoms with Crippen LogP contribution in [-0.2, 0) is 14.9 Å². The molecular weight excluding hydrogens is 435 g/mol. The fourth-order valence-electron chi connectivity index (χ4n) is 4.51. The van der Waals surface area contributed by atoms with Crippen molar-refractivity contribution in [2.24, 2.45) is 0 Å². The van der Waals surface area contributed by atoms with Gasteiger partial charge in [0.05, 0.1) is 5.41 Å². The van der Waals surface area contributed by atoms with Gasteiger partial charge in [-0.3, -0.25) is 9.59 Å². The van der Waals surface area contributed by atoms with Crippen LogP contribution in [0.4, 0.5) is 5.69 Å². The monoisotopic (exact) mass is 460 g/mol. The van der Waals surface area contributed by atoms with E-state index in [1.165, 1.54) is 12.8 Å². The lowest BCUT2D eigenvalue weighted by molar-refractivity contribution is -0.125. The van der Waals surface area contributed by atoms with Gasteiger partial charge in [-0.05, 0) is 67.6 Å². The molecular formula is C24H26Cl2N2O3. The fraction of sp³-hybridized carbons (Fsp3) is 0.417. The lowest BCUT2D eigenvalue weighted by Crippen LogP contribution is -2.45. The number of benzene rings is 2. The second-order valence-corrected chi connectivity index (χ2v) is 9.15. The molecule has 0 aromatic heterocycles. The minimum absolute atomic E-state index is 0.0707. The van der Waals surface area contributed by atoms with Gasteiger partial charge >= 0.3 is 0 Å². The normalized spacial score (nSPS) is 18.5. The van der Waals surface area contributed by atoms with E-state index in [1.807, 2.05) is 6.07 Å². The van der Waals surface area contributed by atoms with Crippen LogP contribution < -0.4 is 10.6 Å². The molecule has 2 N–H and O–H groups in total. The van der Waals surface area contributed by atoms with Crippen molar-refractivity contribution in [3.63, 3.8) is 0 Å². The molecule has 0 spiro atoms. The average molecular weight is 461 g/mol. The highest BCUT2D eigenvalue weighted by atomic mass is 35.5. The highest BCUT2D eigenvalue weighted by Gasteiger charge is 2.43. The molecule has 2 aromatic carbocycles. The fourth-order valence-corrected chi connectivity index (χ4v) is 5.10. The maximum atomic E-state index is 13.4. The first-order valence-electron chi connectivity index (χ1n) is 10.7. The van der Waals surface area contributed by atoms with Crippen LogP contribution in [-0.4, -0.2) is 31.1 Å². The van der Waals surface area contributed by atoms with E-state index in [0.717, 1.165) is 18.4 Å². The Kier molecular flexibility index (Phi) is 6.85. The molecule has 164 valence electrons. The first-order chi connectivity index (χ1) is 15.0. The van der Waals surface area contributed by atoms with Gasteiger partial charge in [-0.25, -0.2) is 0 Å². The number of rotatable bonds is 5. The van der Waals surface area contributed by atoms with Crippen LogP contribution in [0.2, 0.25) is 10.0 Å². The third-order valence-corrected chi connectivity index (χ3v) is 6.87. The van der Waals surface area contributed by atoms with Gasteiger partial charge in [0.25, 0.3) is 5.91 Å². The number of carbonyl (C=O) groups is 2. The van der Waals surface area contributed by atoms with Crippen molar-refractivity contribution in [3.05, 3.63) is 63.6 Å². The Labute approximate surface area is 192 Å². The van der Waals surface area contributed by atoms with Crippen LogP contribution in [0.15, 0.2) is 42.5 Å². The highest BCUT2D eigenvalue weighted by Crippen LogP contribution is 2.40. The lowest BCUT2D eigenvalue weighted by atomic mass is 9.73. The van der Waals surface area contributed by atoms with Gasteiger partial charge in [0, 0.05) is 40.6 Å². The Hall–Kier alpha value is -2.08. The summed E-state index contributed by atoms with van der Waals surface area (Å²) < 4.78 is 5.51. The Balaban J connectivity index is 1.50. The molecule has 1 saturated heterocycles. The summed E-state index contributed by atoms with van der Waals surface area (Å²) in [4.78, 5) is 25.9. The van der Waals surface area contributed by atoms with Crippen LogP contribution in [0, 0.1) is 0 Å². The third kappa shape index (κ3) is 4.89. The Morgan fingerprint density at radius 1 is 0.968 bits per heavy atom. The van der Waals surface area contributed by atoms with Gasteiger partial charge in [-0.1, -0.05) is 42.1 Å². The van der Waals surface area contributed by atoms with E-state index >= 15 is 0 Å². The first-order valence-corrected chi connectivity index (χ1v) is 11.5. The number of anilines is 1. The summed E-state index contributed by atoms with van der Waals surface area (Å²) >= 11 is 12.5. The Morgan fingerprint density at radius 2 is 1.65 bits per heavy atom. The quantitative estimate of drug-likeness (QED) is 0.631. The number of halogens is 2. The summed E-state index contributed by atoms with van der Waals surface area (Å²) in [5, 5.41) is 7.10. The minimum atomic E-state index is -0.793. The third-order valence-electron chi connectivity index (χ3n) is 6.32. The molecule has 1 saturated carbocycles. The molecule has 1 heterocycles. The van der Waals surface area contributed by atoms with Crippen LogP contribution in [0.1, 0.15) is 54.4 Å². The predicted octanol–water partition coefficient (Wildman–Crippen LogP) is 5.35. The van der Waals surface area contributed by atoms with Gasteiger partial charge in [-0.15, -0.1) is 0 Å². The van der Waals surface area contributed by atoms with Crippen LogP contribution >= 0.6 is 23.2 Å². The first kappa shape index (κ1) is 22.1. The average Bonchev–Trinajstić information content (AvgIpc) is 3.27.